The number of ether oxygens (including phenoxy) is 2. The first-order chi connectivity index (χ1) is 14.6. The van der Waals surface area contributed by atoms with Gasteiger partial charge in [0.05, 0.1) is 19.8 Å². The van der Waals surface area contributed by atoms with Crippen LogP contribution in [-0.2, 0) is 0 Å². The van der Waals surface area contributed by atoms with Crippen molar-refractivity contribution in [3.8, 4) is 17.3 Å². The second-order valence-corrected chi connectivity index (χ2v) is 6.90. The highest BCUT2D eigenvalue weighted by Gasteiger charge is 2.26. The number of amides is 1. The maximum atomic E-state index is 13.1. The van der Waals surface area contributed by atoms with E-state index in [1.54, 1.807) is 44.9 Å². The molecule has 0 spiro atoms. The topological polar surface area (TPSA) is 85.6 Å². The third-order valence-corrected chi connectivity index (χ3v) is 5.24. The zero-order valence-corrected chi connectivity index (χ0v) is 17.3. The molecular weight excluding hydrogens is 384 g/mol. The summed E-state index contributed by atoms with van der Waals surface area (Å²) in [6.07, 6.45) is 5.18. The summed E-state index contributed by atoms with van der Waals surface area (Å²) in [5.74, 6) is 3.41. The molecule has 0 saturated carbocycles. The van der Waals surface area contributed by atoms with Gasteiger partial charge < -0.3 is 19.3 Å². The van der Waals surface area contributed by atoms with Crippen molar-refractivity contribution in [3.63, 3.8) is 0 Å². The van der Waals surface area contributed by atoms with E-state index < -0.39 is 0 Å². The van der Waals surface area contributed by atoms with E-state index in [-0.39, 0.29) is 5.91 Å². The lowest BCUT2D eigenvalue weighted by molar-refractivity contribution is 0.0742. The van der Waals surface area contributed by atoms with Gasteiger partial charge >= 0.3 is 0 Å². The fourth-order valence-corrected chi connectivity index (χ4v) is 3.63. The van der Waals surface area contributed by atoms with Crippen LogP contribution >= 0.6 is 0 Å². The highest BCUT2D eigenvalue weighted by Crippen LogP contribution is 2.31. The Hall–Kier alpha value is -3.62. The van der Waals surface area contributed by atoms with E-state index in [0.717, 1.165) is 17.5 Å². The summed E-state index contributed by atoms with van der Waals surface area (Å²) in [5.41, 5.74) is 0.505. The molecule has 1 aromatic carbocycles. The minimum atomic E-state index is -0.0668. The quantitative estimate of drug-likeness (QED) is 0.638. The van der Waals surface area contributed by atoms with Crippen LogP contribution in [-0.4, -0.2) is 70.7 Å². The van der Waals surface area contributed by atoms with Gasteiger partial charge in [0.2, 0.25) is 0 Å². The Labute approximate surface area is 174 Å². The molecule has 1 amide bonds. The summed E-state index contributed by atoms with van der Waals surface area (Å²) in [5, 5.41) is 0. The molecule has 156 valence electrons. The van der Waals surface area contributed by atoms with Crippen molar-refractivity contribution in [2.75, 3.05) is 45.3 Å². The van der Waals surface area contributed by atoms with Crippen molar-refractivity contribution in [2.45, 2.75) is 6.92 Å². The number of imidazole rings is 1. The molecule has 1 saturated heterocycles. The van der Waals surface area contributed by atoms with E-state index in [1.807, 2.05) is 28.7 Å². The van der Waals surface area contributed by atoms with E-state index in [0.29, 0.717) is 43.2 Å². The number of benzene rings is 1. The normalized spacial score (nSPS) is 14.0. The van der Waals surface area contributed by atoms with Crippen LogP contribution in [0.2, 0.25) is 0 Å². The Bertz CT molecular complexity index is 1040. The maximum Gasteiger partial charge on any atom is 0.257 e. The van der Waals surface area contributed by atoms with Crippen LogP contribution in [0.1, 0.15) is 16.2 Å². The Morgan fingerprint density at radius 1 is 1.00 bits per heavy atom. The smallest absolute Gasteiger partial charge is 0.257 e. The van der Waals surface area contributed by atoms with Crippen LogP contribution in [0.3, 0.4) is 0 Å². The van der Waals surface area contributed by atoms with Crippen molar-refractivity contribution in [1.29, 1.82) is 0 Å². The summed E-state index contributed by atoms with van der Waals surface area (Å²) in [4.78, 5) is 30.1. The van der Waals surface area contributed by atoms with Gasteiger partial charge in [-0.2, -0.15) is 0 Å². The molecule has 0 radical (unpaired) electrons. The summed E-state index contributed by atoms with van der Waals surface area (Å²) in [6, 6.07) is 7.28. The van der Waals surface area contributed by atoms with Crippen molar-refractivity contribution in [3.05, 3.63) is 54.4 Å². The first kappa shape index (κ1) is 19.7. The van der Waals surface area contributed by atoms with Gasteiger partial charge in [0.1, 0.15) is 23.8 Å². The highest BCUT2D eigenvalue weighted by atomic mass is 16.5. The Balaban J connectivity index is 1.47. The van der Waals surface area contributed by atoms with Gasteiger partial charge in [0.25, 0.3) is 5.91 Å². The van der Waals surface area contributed by atoms with Crippen molar-refractivity contribution in [1.82, 2.24) is 24.4 Å². The predicted octanol–water partition coefficient (Wildman–Crippen LogP) is 1.95. The van der Waals surface area contributed by atoms with Gasteiger partial charge in [-0.3, -0.25) is 9.36 Å². The number of carbonyl (C=O) groups is 1. The average molecular weight is 408 g/mol. The molecule has 30 heavy (non-hydrogen) atoms. The maximum absolute atomic E-state index is 13.1. The molecule has 2 aromatic heterocycles. The SMILES string of the molecule is COc1cccc(C(=O)N2CCN(c3cc(-n4ccnc4C)ncn3)CC2)c1OC. The van der Waals surface area contributed by atoms with E-state index in [4.69, 9.17) is 9.47 Å². The lowest BCUT2D eigenvalue weighted by Crippen LogP contribution is -2.49. The van der Waals surface area contributed by atoms with Crippen LogP contribution in [0.4, 0.5) is 5.82 Å². The number of methoxy groups -OCH3 is 2. The molecule has 0 aliphatic carbocycles. The third-order valence-electron chi connectivity index (χ3n) is 5.24. The molecule has 1 aliphatic heterocycles. The molecule has 0 N–H and O–H groups in total. The zero-order valence-electron chi connectivity index (χ0n) is 17.3. The third kappa shape index (κ3) is 3.66. The largest absolute Gasteiger partial charge is 0.493 e. The van der Waals surface area contributed by atoms with E-state index in [2.05, 4.69) is 19.9 Å². The molecule has 0 unspecified atom stereocenters. The highest BCUT2D eigenvalue weighted by molar-refractivity contribution is 5.98. The van der Waals surface area contributed by atoms with E-state index >= 15 is 0 Å². The molecule has 0 bridgehead atoms. The Morgan fingerprint density at radius 2 is 1.77 bits per heavy atom. The number of nitrogens with zero attached hydrogens (tertiary/aromatic N) is 6. The van der Waals surface area contributed by atoms with Gasteiger partial charge in [-0.1, -0.05) is 6.07 Å². The number of carbonyl (C=O) groups excluding carboxylic acids is 1. The molecule has 4 rings (SSSR count). The molecule has 1 aliphatic rings. The number of aryl methyl sites for hydroxylation is 1. The second kappa shape index (κ2) is 8.40. The average Bonchev–Trinajstić information content (AvgIpc) is 3.24. The number of para-hydroxylation sites is 1. The lowest BCUT2D eigenvalue weighted by atomic mass is 10.1. The number of anilines is 1. The summed E-state index contributed by atoms with van der Waals surface area (Å²) in [6.45, 7) is 4.46. The monoisotopic (exact) mass is 408 g/mol. The number of aromatic nitrogens is 4. The standard InChI is InChI=1S/C21H24N6O3/c1-15-22-7-8-27(15)19-13-18(23-14-24-19)25-9-11-26(12-10-25)21(28)16-5-4-6-17(29-2)20(16)30-3/h4-8,13-14H,9-12H2,1-3H3. The first-order valence-corrected chi connectivity index (χ1v) is 9.70. The van der Waals surface area contributed by atoms with Crippen molar-refractivity contribution >= 4 is 11.7 Å². The molecule has 9 nitrogen and oxygen atoms in total. The molecule has 3 aromatic rings. The number of rotatable bonds is 5. The zero-order chi connectivity index (χ0) is 21.1. The van der Waals surface area contributed by atoms with Crippen LogP contribution < -0.4 is 14.4 Å². The fourth-order valence-electron chi connectivity index (χ4n) is 3.63. The molecular formula is C21H24N6O3. The van der Waals surface area contributed by atoms with Crippen LogP contribution in [0.5, 0.6) is 11.5 Å². The van der Waals surface area contributed by atoms with Crippen molar-refractivity contribution in [2.24, 2.45) is 0 Å². The summed E-state index contributed by atoms with van der Waals surface area (Å²) < 4.78 is 12.7. The second-order valence-electron chi connectivity index (χ2n) is 6.90. The number of piperazine rings is 1. The van der Waals surface area contributed by atoms with Gasteiger partial charge in [0, 0.05) is 44.6 Å². The first-order valence-electron chi connectivity index (χ1n) is 9.70. The summed E-state index contributed by atoms with van der Waals surface area (Å²) >= 11 is 0. The number of hydrogen-bond acceptors (Lipinski definition) is 7. The summed E-state index contributed by atoms with van der Waals surface area (Å²) in [7, 11) is 3.10. The van der Waals surface area contributed by atoms with Crippen LogP contribution in [0.15, 0.2) is 43.0 Å². The molecule has 3 heterocycles. The van der Waals surface area contributed by atoms with Gasteiger partial charge in [-0.15, -0.1) is 0 Å². The molecule has 0 atom stereocenters. The van der Waals surface area contributed by atoms with Gasteiger partial charge in [0.15, 0.2) is 11.5 Å². The Morgan fingerprint density at radius 3 is 2.43 bits per heavy atom. The molecule has 9 heteroatoms. The minimum Gasteiger partial charge on any atom is -0.493 e. The number of hydrogen-bond donors (Lipinski definition) is 0. The minimum absolute atomic E-state index is 0.0668. The Kier molecular flexibility index (Phi) is 5.51. The van der Waals surface area contributed by atoms with E-state index in [1.165, 1.54) is 0 Å². The van der Waals surface area contributed by atoms with Crippen molar-refractivity contribution < 1.29 is 14.3 Å². The lowest BCUT2D eigenvalue weighted by Gasteiger charge is -2.35. The van der Waals surface area contributed by atoms with Crippen LogP contribution in [0, 0.1) is 6.92 Å². The van der Waals surface area contributed by atoms with Gasteiger partial charge in [-0.25, -0.2) is 15.0 Å². The van der Waals surface area contributed by atoms with E-state index in [9.17, 15) is 4.79 Å². The fraction of sp³-hybridized carbons (Fsp3) is 0.333. The molecule has 1 fully saturated rings. The van der Waals surface area contributed by atoms with Gasteiger partial charge in [-0.05, 0) is 19.1 Å². The predicted molar refractivity (Wildman–Crippen MR) is 112 cm³/mol. The van der Waals surface area contributed by atoms with Crippen LogP contribution in [0.25, 0.3) is 5.82 Å².